The molecular weight excluding hydrogens is 186 g/mol. The van der Waals surface area contributed by atoms with Crippen LogP contribution in [0.3, 0.4) is 0 Å². The van der Waals surface area contributed by atoms with Gasteiger partial charge in [0, 0.05) is 6.42 Å². The van der Waals surface area contributed by atoms with Crippen LogP contribution in [0.4, 0.5) is 0 Å². The molecule has 0 saturated carbocycles. The topological polar surface area (TPSA) is 36.8 Å². The van der Waals surface area contributed by atoms with Crippen LogP contribution < -0.4 is 17.7 Å². The summed E-state index contributed by atoms with van der Waals surface area (Å²) in [7, 11) is 0. The second kappa shape index (κ2) is 7.60. The average molecular weight is 208 g/mol. The summed E-state index contributed by atoms with van der Waals surface area (Å²) in [5, 5.41) is 11.6. The molecule has 2 nitrogen and oxygen atoms in total. The van der Waals surface area contributed by atoms with E-state index in [1.807, 2.05) is 0 Å². The van der Waals surface area contributed by atoms with Gasteiger partial charge in [0.1, 0.15) is 12.6 Å². The Kier molecular flexibility index (Phi) is 7.72. The summed E-state index contributed by atoms with van der Waals surface area (Å²) in [6.07, 6.45) is 7.60. The highest BCUT2D eigenvalue weighted by Gasteiger charge is 2.21. The predicted molar refractivity (Wildman–Crippen MR) is 50.0 cm³/mol. The average Bonchev–Trinajstić information content (AvgIpc) is 2.09. The van der Waals surface area contributed by atoms with Gasteiger partial charge in [-0.3, -0.25) is 0 Å². The van der Waals surface area contributed by atoms with E-state index >= 15 is 0 Å². The van der Waals surface area contributed by atoms with Crippen molar-refractivity contribution in [2.45, 2.75) is 57.6 Å². The van der Waals surface area contributed by atoms with E-state index < -0.39 is 0 Å². The molecule has 1 rings (SSSR count). The Morgan fingerprint density at radius 3 is 2.62 bits per heavy atom. The van der Waals surface area contributed by atoms with Crippen molar-refractivity contribution in [3.05, 3.63) is 0 Å². The Hall–Kier alpha value is 0.210. The Morgan fingerprint density at radius 2 is 2.08 bits per heavy atom. The summed E-state index contributed by atoms with van der Waals surface area (Å²) in [5.74, 6) is 0. The highest BCUT2D eigenvalue weighted by Crippen LogP contribution is 2.09. The molecule has 1 fully saturated rings. The van der Waals surface area contributed by atoms with E-state index in [9.17, 15) is 5.11 Å². The van der Waals surface area contributed by atoms with Crippen molar-refractivity contribution in [3.63, 3.8) is 0 Å². The molecule has 0 aromatic carbocycles. The van der Waals surface area contributed by atoms with Gasteiger partial charge < -0.3 is 22.8 Å². The number of aliphatic hydroxyl groups excluding tert-OH is 1. The lowest BCUT2D eigenvalue weighted by molar-refractivity contribution is -0.704. The summed E-state index contributed by atoms with van der Waals surface area (Å²) < 4.78 is 0. The number of piperidine rings is 1. The molecule has 0 aliphatic carbocycles. The van der Waals surface area contributed by atoms with Crippen LogP contribution in [0.15, 0.2) is 0 Å². The van der Waals surface area contributed by atoms with Gasteiger partial charge in [0.25, 0.3) is 0 Å². The molecule has 13 heavy (non-hydrogen) atoms. The molecule has 0 aromatic heterocycles. The van der Waals surface area contributed by atoms with Crippen LogP contribution in [0.1, 0.15) is 45.4 Å². The van der Waals surface area contributed by atoms with Crippen molar-refractivity contribution in [2.24, 2.45) is 0 Å². The number of nitrogens with two attached hydrogens (primary N) is 1. The number of hydrogen-bond donors (Lipinski definition) is 2. The molecule has 0 spiro atoms. The van der Waals surface area contributed by atoms with E-state index in [1.54, 1.807) is 0 Å². The Labute approximate surface area is 87.5 Å². The van der Waals surface area contributed by atoms with E-state index in [2.05, 4.69) is 12.2 Å². The molecular formula is C10H22ClNO. The van der Waals surface area contributed by atoms with Gasteiger partial charge in [-0.15, -0.1) is 0 Å². The molecule has 1 heterocycles. The molecule has 1 aliphatic rings. The first-order chi connectivity index (χ1) is 5.83. The minimum absolute atomic E-state index is 0. The molecule has 2 atom stereocenters. The number of hydrogen-bond acceptors (Lipinski definition) is 1. The van der Waals surface area contributed by atoms with Gasteiger partial charge >= 0.3 is 0 Å². The molecule has 0 bridgehead atoms. The van der Waals surface area contributed by atoms with Crippen molar-refractivity contribution in [2.75, 3.05) is 6.54 Å². The van der Waals surface area contributed by atoms with Gasteiger partial charge in [0.2, 0.25) is 0 Å². The summed E-state index contributed by atoms with van der Waals surface area (Å²) in [5.41, 5.74) is 0. The molecule has 0 radical (unpaired) electrons. The van der Waals surface area contributed by atoms with Crippen LogP contribution in [-0.2, 0) is 0 Å². The quantitative estimate of drug-likeness (QED) is 0.499. The van der Waals surface area contributed by atoms with Crippen molar-refractivity contribution in [1.82, 2.24) is 0 Å². The maximum atomic E-state index is 9.27. The van der Waals surface area contributed by atoms with Crippen LogP contribution in [0.5, 0.6) is 0 Å². The van der Waals surface area contributed by atoms with Crippen LogP contribution in [-0.4, -0.2) is 23.8 Å². The Morgan fingerprint density at radius 1 is 1.31 bits per heavy atom. The van der Waals surface area contributed by atoms with Crippen LogP contribution in [0.25, 0.3) is 0 Å². The largest absolute Gasteiger partial charge is 1.00 e. The predicted octanol–water partition coefficient (Wildman–Crippen LogP) is -2.34. The first-order valence-electron chi connectivity index (χ1n) is 5.34. The third-order valence-electron chi connectivity index (χ3n) is 2.79. The van der Waals surface area contributed by atoms with Crippen molar-refractivity contribution in [3.8, 4) is 0 Å². The number of quaternary nitrogens is 1. The van der Waals surface area contributed by atoms with Gasteiger partial charge in [-0.25, -0.2) is 0 Å². The molecule has 0 aromatic rings. The zero-order chi connectivity index (χ0) is 8.81. The van der Waals surface area contributed by atoms with E-state index in [-0.39, 0.29) is 18.5 Å². The number of unbranched alkanes of at least 4 members (excludes halogenated alkanes) is 2. The third-order valence-corrected chi connectivity index (χ3v) is 2.79. The molecule has 1 aliphatic heterocycles. The SMILES string of the molecule is CCCCC[C@@H]1CC[C@H](O)C[NH2+]1.[Cl-]. The second-order valence-corrected chi connectivity index (χ2v) is 3.96. The zero-order valence-electron chi connectivity index (χ0n) is 8.51. The Bertz CT molecular complexity index is 113. The maximum Gasteiger partial charge on any atom is 0.103 e. The lowest BCUT2D eigenvalue weighted by atomic mass is 9.98. The van der Waals surface area contributed by atoms with Crippen LogP contribution >= 0.6 is 0 Å². The molecule has 3 N–H and O–H groups in total. The smallest absolute Gasteiger partial charge is 0.103 e. The second-order valence-electron chi connectivity index (χ2n) is 3.96. The van der Waals surface area contributed by atoms with E-state index in [0.717, 1.165) is 19.0 Å². The van der Waals surface area contributed by atoms with Crippen LogP contribution in [0, 0.1) is 0 Å². The standard InChI is InChI=1S/C10H21NO.ClH/c1-2-3-4-5-9-6-7-10(12)8-11-9;/h9-12H,2-8H2,1H3;1H/t9-,10+;/m1./s1. The van der Waals surface area contributed by atoms with Gasteiger partial charge in [-0.1, -0.05) is 19.8 Å². The van der Waals surface area contributed by atoms with E-state index in [1.165, 1.54) is 32.1 Å². The highest BCUT2D eigenvalue weighted by molar-refractivity contribution is 4.64. The zero-order valence-corrected chi connectivity index (χ0v) is 9.26. The fourth-order valence-corrected chi connectivity index (χ4v) is 1.91. The molecule has 0 amide bonds. The number of rotatable bonds is 4. The van der Waals surface area contributed by atoms with Crippen LogP contribution in [0.2, 0.25) is 0 Å². The first-order valence-corrected chi connectivity index (χ1v) is 5.34. The van der Waals surface area contributed by atoms with Gasteiger partial charge in [0.15, 0.2) is 0 Å². The monoisotopic (exact) mass is 207 g/mol. The number of halogens is 1. The normalized spacial score (nSPS) is 28.2. The lowest BCUT2D eigenvalue weighted by Crippen LogP contribution is -3.00. The highest BCUT2D eigenvalue weighted by atomic mass is 35.5. The van der Waals surface area contributed by atoms with Crippen molar-refractivity contribution in [1.29, 1.82) is 0 Å². The molecule has 3 heteroatoms. The fourth-order valence-electron chi connectivity index (χ4n) is 1.91. The first kappa shape index (κ1) is 13.2. The number of aliphatic hydroxyl groups is 1. The van der Waals surface area contributed by atoms with Gasteiger partial charge in [-0.05, 0) is 19.3 Å². The van der Waals surface area contributed by atoms with Crippen molar-refractivity contribution < 1.29 is 22.8 Å². The van der Waals surface area contributed by atoms with E-state index in [4.69, 9.17) is 0 Å². The fraction of sp³-hybridized carbons (Fsp3) is 1.00. The Balaban J connectivity index is 0.00000144. The minimum Gasteiger partial charge on any atom is -1.00 e. The lowest BCUT2D eigenvalue weighted by Gasteiger charge is -2.23. The summed E-state index contributed by atoms with van der Waals surface area (Å²) in [4.78, 5) is 0. The van der Waals surface area contributed by atoms with Gasteiger partial charge in [0.05, 0.1) is 6.04 Å². The van der Waals surface area contributed by atoms with E-state index in [0.29, 0.717) is 0 Å². The molecule has 0 unspecified atom stereocenters. The summed E-state index contributed by atoms with van der Waals surface area (Å²) in [6, 6.07) is 0.806. The summed E-state index contributed by atoms with van der Waals surface area (Å²) in [6.45, 7) is 3.17. The van der Waals surface area contributed by atoms with Gasteiger partial charge in [-0.2, -0.15) is 0 Å². The summed E-state index contributed by atoms with van der Waals surface area (Å²) >= 11 is 0. The van der Waals surface area contributed by atoms with Crippen molar-refractivity contribution >= 4 is 0 Å². The maximum absolute atomic E-state index is 9.27. The minimum atomic E-state index is -0.0348. The third kappa shape index (κ3) is 5.50. The molecule has 1 saturated heterocycles. The molecule has 80 valence electrons.